The average Bonchev–Trinajstić information content (AvgIpc) is 3.55. The Balaban J connectivity index is 0.00000141. The second-order valence-electron chi connectivity index (χ2n) is 8.20. The lowest BCUT2D eigenvalue weighted by Crippen LogP contribution is -2.29. The van der Waals surface area contributed by atoms with Crippen molar-refractivity contribution in [1.29, 1.82) is 0 Å². The number of hydrogen-bond acceptors (Lipinski definition) is 9. The monoisotopic (exact) mass is 497 g/mol. The molecule has 3 aromatic rings. The summed E-state index contributed by atoms with van der Waals surface area (Å²) in [5.74, 6) is 2.36. The Morgan fingerprint density at radius 3 is 2.89 bits per heavy atom. The van der Waals surface area contributed by atoms with Crippen LogP contribution in [0.3, 0.4) is 0 Å². The minimum Gasteiger partial charge on any atom is -0.496 e. The number of aromatic nitrogens is 1. The van der Waals surface area contributed by atoms with E-state index in [4.69, 9.17) is 19.7 Å². The van der Waals surface area contributed by atoms with Crippen LogP contribution in [0.25, 0.3) is 11.0 Å². The van der Waals surface area contributed by atoms with Crippen molar-refractivity contribution in [3.63, 3.8) is 0 Å². The van der Waals surface area contributed by atoms with Gasteiger partial charge in [-0.3, -0.25) is 0 Å². The minimum absolute atomic E-state index is 0.560. The van der Waals surface area contributed by atoms with E-state index in [1.54, 1.807) is 7.11 Å². The van der Waals surface area contributed by atoms with Crippen LogP contribution in [0.15, 0.2) is 45.5 Å². The fraction of sp³-hybridized carbons (Fsp3) is 0.423. The molecule has 0 radical (unpaired) electrons. The fourth-order valence-corrected chi connectivity index (χ4v) is 5.00. The quantitative estimate of drug-likeness (QED) is 0.370. The van der Waals surface area contributed by atoms with Gasteiger partial charge in [0, 0.05) is 24.9 Å². The molecule has 0 fully saturated rings. The van der Waals surface area contributed by atoms with Crippen LogP contribution < -0.4 is 25.4 Å². The summed E-state index contributed by atoms with van der Waals surface area (Å²) in [4.78, 5) is 0.986. The van der Waals surface area contributed by atoms with Crippen LogP contribution in [0.5, 0.6) is 11.5 Å². The number of hydrogen-bond donors (Lipinski definition) is 3. The van der Waals surface area contributed by atoms with E-state index in [-0.39, 0.29) is 0 Å². The number of nitrogens with two attached hydrogens (primary N) is 1. The number of aryl methyl sites for hydroxylation is 1. The molecular weight excluding hydrogens is 462 g/mol. The van der Waals surface area contributed by atoms with Crippen LogP contribution in [0.2, 0.25) is 0 Å². The Labute approximate surface area is 211 Å². The van der Waals surface area contributed by atoms with Gasteiger partial charge in [0.1, 0.15) is 16.9 Å². The lowest BCUT2D eigenvalue weighted by Gasteiger charge is -2.24. The standard InChI is InChI=1S/C24H29N5O3S.C2H6/c1-3-15-6-7-21(19(9-15)30-2)33-28-24-22-20(32-27-24)10-17(18-5-4-8-31-23(18)22)14-29-13-16(11-25)12-26-29;1-2/h6-7,9-10,13,26H,3-5,8,11-12,14,25H2,1-2H3,(H,27,28);1-2H3. The number of benzene rings is 2. The van der Waals surface area contributed by atoms with E-state index in [9.17, 15) is 0 Å². The van der Waals surface area contributed by atoms with Gasteiger partial charge in [0.2, 0.25) is 0 Å². The van der Waals surface area contributed by atoms with Crippen molar-refractivity contribution in [3.8, 4) is 11.5 Å². The van der Waals surface area contributed by atoms with Crippen LogP contribution in [-0.2, 0) is 19.4 Å². The van der Waals surface area contributed by atoms with Gasteiger partial charge in [-0.15, -0.1) is 0 Å². The maximum Gasteiger partial charge on any atom is 0.191 e. The van der Waals surface area contributed by atoms with Gasteiger partial charge in [-0.2, -0.15) is 0 Å². The van der Waals surface area contributed by atoms with Crippen LogP contribution in [0.4, 0.5) is 5.82 Å². The molecule has 0 amide bonds. The van der Waals surface area contributed by atoms with E-state index in [0.717, 1.165) is 47.6 Å². The summed E-state index contributed by atoms with van der Waals surface area (Å²) >= 11 is 1.46. The Morgan fingerprint density at radius 2 is 2.14 bits per heavy atom. The molecule has 0 saturated heterocycles. The molecule has 9 heteroatoms. The first-order chi connectivity index (χ1) is 17.2. The van der Waals surface area contributed by atoms with Crippen molar-refractivity contribution in [2.24, 2.45) is 5.73 Å². The second kappa shape index (κ2) is 11.7. The van der Waals surface area contributed by atoms with Crippen molar-refractivity contribution in [1.82, 2.24) is 15.6 Å². The molecule has 2 aromatic carbocycles. The van der Waals surface area contributed by atoms with Gasteiger partial charge in [0.15, 0.2) is 11.4 Å². The number of nitrogens with one attached hydrogen (secondary N) is 2. The van der Waals surface area contributed by atoms with Crippen LogP contribution in [-0.4, -0.2) is 37.0 Å². The summed E-state index contributed by atoms with van der Waals surface area (Å²) in [6.45, 7) is 8.88. The number of anilines is 1. The van der Waals surface area contributed by atoms with Crippen molar-refractivity contribution < 1.29 is 14.0 Å². The van der Waals surface area contributed by atoms with Gasteiger partial charge < -0.3 is 29.5 Å². The normalized spacial score (nSPS) is 14.7. The number of fused-ring (bicyclic) bond motifs is 3. The molecule has 2 aliphatic rings. The summed E-state index contributed by atoms with van der Waals surface area (Å²) < 4.78 is 20.8. The molecule has 188 valence electrons. The zero-order valence-corrected chi connectivity index (χ0v) is 21.8. The Bertz CT molecular complexity index is 1190. The third-order valence-corrected chi connectivity index (χ3v) is 6.93. The van der Waals surface area contributed by atoms with Crippen molar-refractivity contribution in [2.75, 3.05) is 31.5 Å². The van der Waals surface area contributed by atoms with Gasteiger partial charge in [-0.1, -0.05) is 32.0 Å². The third-order valence-electron chi connectivity index (χ3n) is 6.07. The molecule has 0 spiro atoms. The van der Waals surface area contributed by atoms with E-state index in [0.29, 0.717) is 31.1 Å². The summed E-state index contributed by atoms with van der Waals surface area (Å²) in [7, 11) is 1.69. The number of ether oxygens (including phenoxy) is 2. The van der Waals surface area contributed by atoms with E-state index in [2.05, 4.69) is 57.7 Å². The molecular formula is C26H35N5O3S. The molecule has 0 aliphatic carbocycles. The maximum atomic E-state index is 6.16. The smallest absolute Gasteiger partial charge is 0.191 e. The van der Waals surface area contributed by atoms with E-state index in [1.165, 1.54) is 34.2 Å². The highest BCUT2D eigenvalue weighted by Gasteiger charge is 2.25. The lowest BCUT2D eigenvalue weighted by molar-refractivity contribution is 0.280. The molecule has 5 rings (SSSR count). The summed E-state index contributed by atoms with van der Waals surface area (Å²) in [6, 6.07) is 8.33. The third kappa shape index (κ3) is 5.37. The fourth-order valence-electron chi connectivity index (χ4n) is 4.27. The van der Waals surface area contributed by atoms with Crippen LogP contribution in [0, 0.1) is 0 Å². The first-order valence-corrected chi connectivity index (χ1v) is 13.1. The molecule has 8 nitrogen and oxygen atoms in total. The summed E-state index contributed by atoms with van der Waals surface area (Å²) in [5, 5.41) is 7.29. The first kappa shape index (κ1) is 25.2. The highest BCUT2D eigenvalue weighted by atomic mass is 32.2. The Kier molecular flexibility index (Phi) is 8.43. The SMILES string of the molecule is CC.CCc1ccc(SNc2noc3cc(CN4C=C(CN)CN4)c4c(c23)OCCC4)c(OC)c1. The Hall–Kier alpha value is -2.88. The van der Waals surface area contributed by atoms with E-state index >= 15 is 0 Å². The molecule has 4 N–H and O–H groups in total. The highest BCUT2D eigenvalue weighted by Crippen LogP contribution is 2.42. The molecule has 0 atom stereocenters. The van der Waals surface area contributed by atoms with Crippen LogP contribution in [0.1, 0.15) is 43.9 Å². The number of hydrazine groups is 1. The summed E-state index contributed by atoms with van der Waals surface area (Å²) in [5.41, 5.74) is 14.7. The van der Waals surface area contributed by atoms with Gasteiger partial charge >= 0.3 is 0 Å². The topological polar surface area (TPSA) is 97.8 Å². The molecule has 1 aromatic heterocycles. The zero-order chi connectivity index (χ0) is 24.8. The van der Waals surface area contributed by atoms with Crippen molar-refractivity contribution in [2.45, 2.75) is 51.5 Å². The van der Waals surface area contributed by atoms with Gasteiger partial charge in [0.25, 0.3) is 0 Å². The molecule has 35 heavy (non-hydrogen) atoms. The first-order valence-electron chi connectivity index (χ1n) is 12.3. The second-order valence-corrected chi connectivity index (χ2v) is 9.04. The average molecular weight is 498 g/mol. The van der Waals surface area contributed by atoms with Crippen molar-refractivity contribution in [3.05, 3.63) is 52.7 Å². The zero-order valence-electron chi connectivity index (χ0n) is 20.9. The van der Waals surface area contributed by atoms with Gasteiger partial charge in [-0.05, 0) is 66.1 Å². The van der Waals surface area contributed by atoms with E-state index in [1.807, 2.05) is 13.8 Å². The summed E-state index contributed by atoms with van der Waals surface area (Å²) in [6.07, 6.45) is 5.00. The predicted octanol–water partition coefficient (Wildman–Crippen LogP) is 5.03. The largest absolute Gasteiger partial charge is 0.496 e. The maximum absolute atomic E-state index is 6.16. The van der Waals surface area contributed by atoms with Crippen LogP contribution >= 0.6 is 11.9 Å². The number of methoxy groups -OCH3 is 1. The van der Waals surface area contributed by atoms with Crippen molar-refractivity contribution >= 4 is 28.7 Å². The lowest BCUT2D eigenvalue weighted by atomic mass is 9.97. The van der Waals surface area contributed by atoms with E-state index < -0.39 is 0 Å². The molecule has 0 saturated carbocycles. The number of rotatable bonds is 8. The highest BCUT2D eigenvalue weighted by molar-refractivity contribution is 8.00. The predicted molar refractivity (Wildman–Crippen MR) is 142 cm³/mol. The van der Waals surface area contributed by atoms with Gasteiger partial charge in [-0.25, -0.2) is 5.43 Å². The number of nitrogens with zero attached hydrogens (tertiary/aromatic N) is 2. The molecule has 0 unspecified atom stereocenters. The molecule has 2 aliphatic heterocycles. The van der Waals surface area contributed by atoms with Gasteiger partial charge in [0.05, 0.1) is 25.2 Å². The molecule has 3 heterocycles. The Morgan fingerprint density at radius 1 is 1.29 bits per heavy atom. The molecule has 0 bridgehead atoms. The minimum atomic E-state index is 0.560.